The third-order valence-corrected chi connectivity index (χ3v) is 3.35. The van der Waals surface area contributed by atoms with Crippen molar-refractivity contribution < 1.29 is 4.79 Å². The molecule has 17 heavy (non-hydrogen) atoms. The Bertz CT molecular complexity index is 451. The molecule has 90 valence electrons. The Morgan fingerprint density at radius 2 is 2.24 bits per heavy atom. The fraction of sp³-hybridized carbons (Fsp3) is 0.583. The summed E-state index contributed by atoms with van der Waals surface area (Å²) in [5.41, 5.74) is 0.565. The lowest BCUT2D eigenvalue weighted by molar-refractivity contribution is 0.0902. The Kier molecular flexibility index (Phi) is 3.14. The molecule has 1 fully saturated rings. The second-order valence-electron chi connectivity index (χ2n) is 4.62. The molecular weight excluding hydrogens is 216 g/mol. The molecule has 0 unspecified atom stereocenters. The van der Waals surface area contributed by atoms with Gasteiger partial charge >= 0.3 is 0 Å². The highest BCUT2D eigenvalue weighted by Crippen LogP contribution is 2.27. The molecule has 0 bridgehead atoms. The van der Waals surface area contributed by atoms with Crippen LogP contribution in [-0.2, 0) is 0 Å². The van der Waals surface area contributed by atoms with E-state index in [-0.39, 0.29) is 5.91 Å². The Morgan fingerprint density at radius 1 is 1.53 bits per heavy atom. The second kappa shape index (κ2) is 4.58. The standard InChI is InChI=1S/C12H16N4O/c1-9-10(7-14-16-9)11(17)15-12(8-13)5-3-2-4-6-12/h7H,2-6H2,1H3,(H,14,16)(H,15,17). The molecule has 1 saturated carbocycles. The van der Waals surface area contributed by atoms with E-state index >= 15 is 0 Å². The number of aromatic amines is 1. The Hall–Kier alpha value is -1.83. The van der Waals surface area contributed by atoms with Crippen molar-refractivity contribution in [2.24, 2.45) is 0 Å². The van der Waals surface area contributed by atoms with Crippen molar-refractivity contribution in [2.45, 2.75) is 44.6 Å². The maximum Gasteiger partial charge on any atom is 0.255 e. The van der Waals surface area contributed by atoms with Crippen LogP contribution < -0.4 is 5.32 Å². The number of nitrogens with zero attached hydrogens (tertiary/aromatic N) is 2. The van der Waals surface area contributed by atoms with E-state index in [1.54, 1.807) is 6.92 Å². The van der Waals surface area contributed by atoms with Crippen LogP contribution in [0.2, 0.25) is 0 Å². The third-order valence-electron chi connectivity index (χ3n) is 3.35. The van der Waals surface area contributed by atoms with Crippen LogP contribution in [0.5, 0.6) is 0 Å². The average Bonchev–Trinajstić information content (AvgIpc) is 2.77. The molecule has 0 atom stereocenters. The topological polar surface area (TPSA) is 81.6 Å². The molecule has 1 aromatic rings. The number of carbonyl (C=O) groups is 1. The normalized spacial score (nSPS) is 18.4. The smallest absolute Gasteiger partial charge is 0.255 e. The Balaban J connectivity index is 2.12. The van der Waals surface area contributed by atoms with E-state index in [0.29, 0.717) is 5.56 Å². The summed E-state index contributed by atoms with van der Waals surface area (Å²) in [4.78, 5) is 12.0. The van der Waals surface area contributed by atoms with E-state index in [4.69, 9.17) is 0 Å². The van der Waals surface area contributed by atoms with Gasteiger partial charge in [-0.05, 0) is 19.8 Å². The number of nitrogens with one attached hydrogen (secondary N) is 2. The fourth-order valence-electron chi connectivity index (χ4n) is 2.28. The quantitative estimate of drug-likeness (QED) is 0.813. The van der Waals surface area contributed by atoms with Crippen molar-refractivity contribution in [2.75, 3.05) is 0 Å². The van der Waals surface area contributed by atoms with Crippen molar-refractivity contribution in [1.29, 1.82) is 5.26 Å². The molecule has 0 aliphatic heterocycles. The summed E-state index contributed by atoms with van der Waals surface area (Å²) in [7, 11) is 0. The van der Waals surface area contributed by atoms with Gasteiger partial charge in [0, 0.05) is 5.69 Å². The van der Waals surface area contributed by atoms with Crippen LogP contribution in [0.4, 0.5) is 0 Å². The van der Waals surface area contributed by atoms with Gasteiger partial charge in [-0.1, -0.05) is 19.3 Å². The Morgan fingerprint density at radius 3 is 2.76 bits per heavy atom. The summed E-state index contributed by atoms with van der Waals surface area (Å²) >= 11 is 0. The van der Waals surface area contributed by atoms with Gasteiger partial charge < -0.3 is 5.32 Å². The molecule has 5 nitrogen and oxygen atoms in total. The zero-order chi connectivity index (χ0) is 12.3. The van der Waals surface area contributed by atoms with Crippen LogP contribution in [0.3, 0.4) is 0 Å². The maximum absolute atomic E-state index is 12.0. The highest BCUT2D eigenvalue weighted by atomic mass is 16.1. The highest BCUT2D eigenvalue weighted by Gasteiger charge is 2.34. The SMILES string of the molecule is Cc1[nH]ncc1C(=O)NC1(C#N)CCCCC1. The maximum atomic E-state index is 12.0. The van der Waals surface area contributed by atoms with Crippen molar-refractivity contribution in [3.8, 4) is 6.07 Å². The highest BCUT2D eigenvalue weighted by molar-refractivity contribution is 5.95. The van der Waals surface area contributed by atoms with E-state index in [1.165, 1.54) is 6.20 Å². The second-order valence-corrected chi connectivity index (χ2v) is 4.62. The van der Waals surface area contributed by atoms with Gasteiger partial charge in [0.2, 0.25) is 0 Å². The van der Waals surface area contributed by atoms with Gasteiger partial charge in [-0.2, -0.15) is 10.4 Å². The molecule has 0 aromatic carbocycles. The molecule has 2 N–H and O–H groups in total. The van der Waals surface area contributed by atoms with Crippen LogP contribution in [0.15, 0.2) is 6.20 Å². The summed E-state index contributed by atoms with van der Waals surface area (Å²) in [6.07, 6.45) is 6.12. The van der Waals surface area contributed by atoms with Crippen molar-refractivity contribution in [3.63, 3.8) is 0 Å². The van der Waals surface area contributed by atoms with E-state index in [9.17, 15) is 10.1 Å². The summed E-state index contributed by atoms with van der Waals surface area (Å²) in [6.45, 7) is 1.79. The molecule has 0 radical (unpaired) electrons. The van der Waals surface area contributed by atoms with Gasteiger partial charge in [0.25, 0.3) is 5.91 Å². The van der Waals surface area contributed by atoms with E-state index in [1.807, 2.05) is 0 Å². The van der Waals surface area contributed by atoms with Crippen LogP contribution in [0.25, 0.3) is 0 Å². The molecule has 5 heteroatoms. The van der Waals surface area contributed by atoms with E-state index < -0.39 is 5.54 Å². The molecular formula is C12H16N4O. The number of hydrogen-bond donors (Lipinski definition) is 2. The molecule has 1 amide bonds. The molecule has 2 rings (SSSR count). The number of aryl methyl sites for hydroxylation is 1. The predicted molar refractivity (Wildman–Crippen MR) is 62.2 cm³/mol. The molecule has 1 aliphatic rings. The molecule has 1 heterocycles. The van der Waals surface area contributed by atoms with Gasteiger partial charge in [-0.15, -0.1) is 0 Å². The van der Waals surface area contributed by atoms with Gasteiger partial charge in [-0.3, -0.25) is 9.89 Å². The van der Waals surface area contributed by atoms with Crippen LogP contribution in [0.1, 0.15) is 48.2 Å². The van der Waals surface area contributed by atoms with Gasteiger partial charge in [0.15, 0.2) is 0 Å². The van der Waals surface area contributed by atoms with Crippen molar-refractivity contribution in [3.05, 3.63) is 17.5 Å². The van der Waals surface area contributed by atoms with Crippen molar-refractivity contribution in [1.82, 2.24) is 15.5 Å². The first-order valence-electron chi connectivity index (χ1n) is 5.91. The Labute approximate surface area is 100 Å². The van der Waals surface area contributed by atoms with Crippen LogP contribution in [0, 0.1) is 18.3 Å². The first kappa shape index (κ1) is 11.6. The van der Waals surface area contributed by atoms with Crippen LogP contribution in [-0.4, -0.2) is 21.6 Å². The van der Waals surface area contributed by atoms with Gasteiger partial charge in [-0.25, -0.2) is 0 Å². The minimum Gasteiger partial charge on any atom is -0.334 e. The first-order valence-corrected chi connectivity index (χ1v) is 5.91. The number of aromatic nitrogens is 2. The number of H-pyrrole nitrogens is 1. The fourth-order valence-corrected chi connectivity index (χ4v) is 2.28. The summed E-state index contributed by atoms with van der Waals surface area (Å²) < 4.78 is 0. The number of nitriles is 1. The zero-order valence-corrected chi connectivity index (χ0v) is 9.92. The molecule has 1 aromatic heterocycles. The number of carbonyl (C=O) groups excluding carboxylic acids is 1. The predicted octanol–water partition coefficient (Wildman–Crippen LogP) is 1.67. The van der Waals surface area contributed by atoms with Crippen molar-refractivity contribution >= 4 is 5.91 Å². The third kappa shape index (κ3) is 2.31. The largest absolute Gasteiger partial charge is 0.334 e. The van der Waals surface area contributed by atoms with Crippen LogP contribution >= 0.6 is 0 Å². The average molecular weight is 232 g/mol. The zero-order valence-electron chi connectivity index (χ0n) is 9.92. The molecule has 1 aliphatic carbocycles. The number of amides is 1. The first-order chi connectivity index (χ1) is 8.17. The lowest BCUT2D eigenvalue weighted by Crippen LogP contribution is -2.48. The number of rotatable bonds is 2. The monoisotopic (exact) mass is 232 g/mol. The van der Waals surface area contributed by atoms with E-state index in [2.05, 4.69) is 21.6 Å². The molecule has 0 spiro atoms. The minimum atomic E-state index is -0.682. The lowest BCUT2D eigenvalue weighted by atomic mass is 9.82. The summed E-state index contributed by atoms with van der Waals surface area (Å²) in [6, 6.07) is 2.27. The lowest BCUT2D eigenvalue weighted by Gasteiger charge is -2.31. The van der Waals surface area contributed by atoms with Gasteiger partial charge in [0.05, 0.1) is 17.8 Å². The minimum absolute atomic E-state index is 0.209. The molecule has 0 saturated heterocycles. The summed E-state index contributed by atoms with van der Waals surface area (Å²) in [5.74, 6) is -0.209. The van der Waals surface area contributed by atoms with E-state index in [0.717, 1.165) is 37.8 Å². The van der Waals surface area contributed by atoms with Gasteiger partial charge in [0.1, 0.15) is 5.54 Å². The number of hydrogen-bond acceptors (Lipinski definition) is 3. The summed E-state index contributed by atoms with van der Waals surface area (Å²) in [5, 5.41) is 18.7.